The maximum absolute atomic E-state index is 2.72. The number of unbranched alkanes of at least 4 members (excludes halogenated alkanes) is 1. The summed E-state index contributed by atoms with van der Waals surface area (Å²) in [4.78, 5) is 0. The van der Waals surface area contributed by atoms with Gasteiger partial charge in [0.2, 0.25) is 0 Å². The second-order valence-corrected chi connectivity index (χ2v) is 30.6. The molecule has 0 spiro atoms. The first kappa shape index (κ1) is 22.5. The van der Waals surface area contributed by atoms with Gasteiger partial charge in [0.25, 0.3) is 0 Å². The fraction of sp³-hybridized carbons (Fsp3) is 0.400. The molecule has 2 aromatic carbocycles. The summed E-state index contributed by atoms with van der Waals surface area (Å²) >= 11 is -1.75. The second kappa shape index (κ2) is 9.55. The van der Waals surface area contributed by atoms with Crippen LogP contribution in [0.2, 0.25) is 16.7 Å². The van der Waals surface area contributed by atoms with Crippen molar-refractivity contribution in [3.8, 4) is 11.1 Å². The van der Waals surface area contributed by atoms with E-state index in [0.29, 0.717) is 0 Å². The molecular weight excluding hydrogens is 480 g/mol. The van der Waals surface area contributed by atoms with Gasteiger partial charge in [-0.25, -0.2) is 0 Å². The van der Waals surface area contributed by atoms with Crippen LogP contribution in [0.25, 0.3) is 17.2 Å². The zero-order valence-electron chi connectivity index (χ0n) is 20.2. The monoisotopic (exact) mass is 515 g/mol. The van der Waals surface area contributed by atoms with Crippen molar-refractivity contribution in [1.82, 2.24) is 0 Å². The van der Waals surface area contributed by atoms with Crippen LogP contribution >= 0.6 is 0 Å². The predicted molar refractivity (Wildman–Crippen MR) is 140 cm³/mol. The Labute approximate surface area is 203 Å². The zero-order chi connectivity index (χ0) is 22.2. The molecule has 2 aromatic rings. The van der Waals surface area contributed by atoms with Crippen LogP contribution in [0.3, 0.4) is 0 Å². The molecule has 2 heteroatoms. The maximum atomic E-state index is 2.72. The van der Waals surface area contributed by atoms with Gasteiger partial charge in [-0.05, 0) is 0 Å². The van der Waals surface area contributed by atoms with Gasteiger partial charge >= 0.3 is 205 Å². The van der Waals surface area contributed by atoms with Crippen molar-refractivity contribution in [2.45, 2.75) is 72.7 Å². The van der Waals surface area contributed by atoms with Gasteiger partial charge < -0.3 is 0 Å². The molecule has 5 rings (SSSR count). The third kappa shape index (κ3) is 4.07. The number of fused-ring (bicyclic) bond motifs is 2. The molecule has 0 fully saturated rings. The van der Waals surface area contributed by atoms with Crippen LogP contribution in [0.1, 0.15) is 65.4 Å². The van der Waals surface area contributed by atoms with Crippen molar-refractivity contribution < 1.29 is 20.9 Å². The van der Waals surface area contributed by atoms with Crippen LogP contribution in [-0.2, 0) is 33.8 Å². The van der Waals surface area contributed by atoms with Gasteiger partial charge in [0, 0.05) is 0 Å². The number of benzene rings is 2. The third-order valence-corrected chi connectivity index (χ3v) is 29.5. The van der Waals surface area contributed by atoms with E-state index in [4.69, 9.17) is 0 Å². The Bertz CT molecular complexity index is 1090. The number of hydrogen-bond acceptors (Lipinski definition) is 0. The van der Waals surface area contributed by atoms with Gasteiger partial charge in [0.1, 0.15) is 0 Å². The molecule has 3 aliphatic carbocycles. The van der Waals surface area contributed by atoms with E-state index >= 15 is 0 Å². The SMILES string of the molecule is CCCCC1=C[CH]([Zr+]([CH]2C(C)=Cc3c2cc2c(c3-c3ccccc3)CCC2)[SiH](C)C)C=C1. The molecule has 0 aliphatic heterocycles. The normalized spacial score (nSPS) is 21.0. The summed E-state index contributed by atoms with van der Waals surface area (Å²) in [5.74, 6) is -0.694. The Morgan fingerprint density at radius 1 is 1.09 bits per heavy atom. The Hall–Kier alpha value is -1.24. The van der Waals surface area contributed by atoms with Crippen LogP contribution in [-0.4, -0.2) is 5.92 Å². The Morgan fingerprint density at radius 2 is 1.91 bits per heavy atom. The van der Waals surface area contributed by atoms with Crippen LogP contribution in [0.15, 0.2) is 65.8 Å². The summed E-state index contributed by atoms with van der Waals surface area (Å²) in [5, 5.41) is 0. The first-order valence-corrected chi connectivity index (χ1v) is 22.7. The molecule has 0 nitrogen and oxygen atoms in total. The number of allylic oxidation sites excluding steroid dienone is 5. The molecule has 0 radical (unpaired) electrons. The standard InChI is InChI=1S/C19H17.C9H13.C2H7Si.Zr/c1-13-10-16-12-15-8-5-9-17(15)19(18(16)11-13)14-6-3-2-4-7-14;1-2-3-6-9-7-4-5-8-9;1-3-2;/h2-4,6-7,10-12H,5,8-9H2,1H3;4-5,7-8H,2-3,6H2,1H3;3H,1-2H3;/q;;;+1. The summed E-state index contributed by atoms with van der Waals surface area (Å²) in [5.41, 5.74) is 12.9. The molecule has 0 bridgehead atoms. The Kier molecular flexibility index (Phi) is 6.73. The zero-order valence-corrected chi connectivity index (χ0v) is 23.9. The van der Waals surface area contributed by atoms with Crippen LogP contribution in [0.5, 0.6) is 0 Å². The molecule has 2 unspecified atom stereocenters. The van der Waals surface area contributed by atoms with Crippen molar-refractivity contribution in [3.05, 3.63) is 88.0 Å². The molecule has 0 heterocycles. The fourth-order valence-electron chi connectivity index (χ4n) is 6.35. The number of hydrogen-bond donors (Lipinski definition) is 0. The van der Waals surface area contributed by atoms with Crippen LogP contribution < -0.4 is 0 Å². The minimum atomic E-state index is -1.75. The van der Waals surface area contributed by atoms with Gasteiger partial charge in [0.05, 0.1) is 0 Å². The van der Waals surface area contributed by atoms with Crippen molar-refractivity contribution in [2.24, 2.45) is 0 Å². The van der Waals surface area contributed by atoms with Gasteiger partial charge in [-0.15, -0.1) is 0 Å². The first-order valence-electron chi connectivity index (χ1n) is 12.8. The van der Waals surface area contributed by atoms with E-state index in [9.17, 15) is 0 Å². The van der Waals surface area contributed by atoms with Gasteiger partial charge in [0.15, 0.2) is 0 Å². The third-order valence-electron chi connectivity index (χ3n) is 7.79. The summed E-state index contributed by atoms with van der Waals surface area (Å²) in [6, 6.07) is 13.9. The Balaban J connectivity index is 1.60. The molecule has 0 N–H and O–H groups in total. The summed E-state index contributed by atoms with van der Waals surface area (Å²) in [6.45, 7) is 10.1. The van der Waals surface area contributed by atoms with Crippen molar-refractivity contribution in [3.63, 3.8) is 0 Å². The van der Waals surface area contributed by atoms with Gasteiger partial charge in [-0.3, -0.25) is 0 Å². The summed E-state index contributed by atoms with van der Waals surface area (Å²) in [7, 11) is 0. The van der Waals surface area contributed by atoms with E-state index in [1.165, 1.54) is 44.1 Å². The number of aryl methyl sites for hydroxylation is 1. The predicted octanol–water partition coefficient (Wildman–Crippen LogP) is 8.38. The first-order chi connectivity index (χ1) is 15.6. The summed E-state index contributed by atoms with van der Waals surface area (Å²) in [6.07, 6.45) is 18.2. The van der Waals surface area contributed by atoms with E-state index in [2.05, 4.69) is 87.6 Å². The van der Waals surface area contributed by atoms with E-state index in [1.54, 1.807) is 39.0 Å². The average Bonchev–Trinajstić information content (AvgIpc) is 3.51. The molecule has 32 heavy (non-hydrogen) atoms. The average molecular weight is 517 g/mol. The number of rotatable bonds is 7. The van der Waals surface area contributed by atoms with Crippen LogP contribution in [0.4, 0.5) is 0 Å². The quantitative estimate of drug-likeness (QED) is 0.324. The van der Waals surface area contributed by atoms with E-state index in [1.807, 2.05) is 0 Å². The van der Waals surface area contributed by atoms with Crippen molar-refractivity contribution >= 4 is 12.0 Å². The topological polar surface area (TPSA) is 0 Å². The Morgan fingerprint density at radius 3 is 2.66 bits per heavy atom. The molecule has 2 atom stereocenters. The molecule has 164 valence electrons. The second-order valence-electron chi connectivity index (χ2n) is 10.3. The molecule has 0 amide bonds. The van der Waals surface area contributed by atoms with Gasteiger partial charge in [-0.1, -0.05) is 0 Å². The molecule has 3 aliphatic rings. The van der Waals surface area contributed by atoms with E-state index in [0.717, 1.165) is 7.25 Å². The fourth-order valence-corrected chi connectivity index (χ4v) is 27.9. The van der Waals surface area contributed by atoms with Crippen molar-refractivity contribution in [1.29, 1.82) is 0 Å². The van der Waals surface area contributed by atoms with Crippen molar-refractivity contribution in [2.75, 3.05) is 0 Å². The molecular formula is C30H37SiZr+. The minimum absolute atomic E-state index is 0.694. The molecule has 0 saturated carbocycles. The van der Waals surface area contributed by atoms with Crippen LogP contribution in [0, 0.1) is 0 Å². The molecule has 0 aromatic heterocycles. The molecule has 0 saturated heterocycles. The van der Waals surface area contributed by atoms with E-state index in [-0.39, 0.29) is 0 Å². The van der Waals surface area contributed by atoms with Gasteiger partial charge in [-0.2, -0.15) is 0 Å². The summed E-state index contributed by atoms with van der Waals surface area (Å²) < 4.78 is 1.59. The van der Waals surface area contributed by atoms with E-state index < -0.39 is 26.8 Å².